The summed E-state index contributed by atoms with van der Waals surface area (Å²) in [5, 5.41) is 15.7. The standard InChI is InChI=1S/C47H53FN4O4/c48-42-27-36(49-43-16-17-44(54)50-46(43)55)9-14-39(42)33-18-22-51(23-19-33)29-31-28-47(56-30-31)20-24-52(25-21-47)37-10-6-34(7-11-37)45-40(32-4-2-1-3-5-32)13-8-35-26-38(53)12-15-41(35)45/h1-7,9-12,14-15,26-27,31,33,40,43,45,49,53H,8,13,16-25,28-30H2,(H,50,54,55)/t31-,40+,43-,45-/m1/s1. The molecule has 8 nitrogen and oxygen atoms in total. The van der Waals surface area contributed by atoms with Crippen LogP contribution in [0.4, 0.5) is 15.8 Å². The minimum atomic E-state index is -0.525. The molecule has 1 spiro atoms. The number of rotatable bonds is 8. The summed E-state index contributed by atoms with van der Waals surface area (Å²) in [5.41, 5.74) is 7.85. The van der Waals surface area contributed by atoms with Gasteiger partial charge in [0.2, 0.25) is 11.8 Å². The van der Waals surface area contributed by atoms with Gasteiger partial charge in [-0.3, -0.25) is 14.9 Å². The lowest BCUT2D eigenvalue weighted by Gasteiger charge is -2.40. The van der Waals surface area contributed by atoms with Gasteiger partial charge in [0.15, 0.2) is 0 Å². The van der Waals surface area contributed by atoms with Gasteiger partial charge in [-0.2, -0.15) is 0 Å². The number of amides is 2. The number of hydrogen-bond acceptors (Lipinski definition) is 7. The van der Waals surface area contributed by atoms with Crippen molar-refractivity contribution in [3.05, 3.63) is 125 Å². The number of aromatic hydroxyl groups is 1. The van der Waals surface area contributed by atoms with Crippen LogP contribution in [0.5, 0.6) is 5.75 Å². The minimum Gasteiger partial charge on any atom is -0.508 e. The highest BCUT2D eigenvalue weighted by Gasteiger charge is 2.43. The van der Waals surface area contributed by atoms with E-state index in [9.17, 15) is 14.7 Å². The first-order chi connectivity index (χ1) is 27.3. The van der Waals surface area contributed by atoms with Crippen molar-refractivity contribution in [2.45, 2.75) is 87.2 Å². The van der Waals surface area contributed by atoms with Gasteiger partial charge >= 0.3 is 0 Å². The van der Waals surface area contributed by atoms with Crippen LogP contribution in [0.1, 0.15) is 96.9 Å². The SMILES string of the molecule is O=C1CC[C@@H](Nc2ccc(C3CCN(C[C@@H]4COC5(CCN(c6ccc([C@H]7c8ccc(O)cc8CC[C@H]7c7ccccc7)cc6)CC5)C4)CC3)c(F)c2)C(=O)N1. The predicted molar refractivity (Wildman–Crippen MR) is 217 cm³/mol. The number of aryl methyl sites for hydroxylation is 1. The number of hydrogen-bond donors (Lipinski definition) is 3. The number of fused-ring (bicyclic) bond motifs is 1. The zero-order valence-corrected chi connectivity index (χ0v) is 32.1. The molecular formula is C47H53FN4O4. The van der Waals surface area contributed by atoms with Gasteiger partial charge in [-0.05, 0) is 146 Å². The number of imide groups is 1. The molecule has 2 amide bonds. The summed E-state index contributed by atoms with van der Waals surface area (Å²) in [6, 6.07) is 30.8. The molecule has 4 saturated heterocycles. The number of phenols is 1. The maximum Gasteiger partial charge on any atom is 0.249 e. The Morgan fingerprint density at radius 1 is 0.821 bits per heavy atom. The molecule has 0 bridgehead atoms. The van der Waals surface area contributed by atoms with Crippen LogP contribution in [0.2, 0.25) is 0 Å². The summed E-state index contributed by atoms with van der Waals surface area (Å²) in [5.74, 6) is 0.837. The number of nitrogens with zero attached hydrogens (tertiary/aromatic N) is 2. The fourth-order valence-corrected chi connectivity index (χ4v) is 10.5. The van der Waals surface area contributed by atoms with Crippen molar-refractivity contribution >= 4 is 23.2 Å². The molecule has 4 atom stereocenters. The number of likely N-dealkylation sites (tertiary alicyclic amines) is 1. The quantitative estimate of drug-likeness (QED) is 0.158. The number of carbonyl (C=O) groups is 2. The molecule has 4 heterocycles. The van der Waals surface area contributed by atoms with Crippen molar-refractivity contribution < 1.29 is 23.8 Å². The largest absolute Gasteiger partial charge is 0.508 e. The number of piperidine rings is 3. The second kappa shape index (κ2) is 15.7. The minimum absolute atomic E-state index is 0.0353. The second-order valence-corrected chi connectivity index (χ2v) is 17.0. The van der Waals surface area contributed by atoms with Crippen molar-refractivity contribution in [3.8, 4) is 5.75 Å². The average molecular weight is 757 g/mol. The lowest BCUT2D eigenvalue weighted by atomic mass is 9.69. The number of phenolic OH excluding ortho intramolecular Hbond substituents is 1. The number of anilines is 2. The lowest BCUT2D eigenvalue weighted by Crippen LogP contribution is -2.47. The molecule has 0 unspecified atom stereocenters. The van der Waals surface area contributed by atoms with Crippen LogP contribution in [-0.2, 0) is 20.7 Å². The van der Waals surface area contributed by atoms with Crippen molar-refractivity contribution in [2.75, 3.05) is 49.5 Å². The molecule has 0 saturated carbocycles. The van der Waals surface area contributed by atoms with Gasteiger partial charge < -0.3 is 25.0 Å². The number of ether oxygens (including phenoxy) is 1. The Morgan fingerprint density at radius 3 is 2.34 bits per heavy atom. The fourth-order valence-electron chi connectivity index (χ4n) is 10.5. The lowest BCUT2D eigenvalue weighted by molar-refractivity contribution is -0.133. The van der Waals surface area contributed by atoms with Gasteiger partial charge in [-0.1, -0.05) is 54.6 Å². The molecule has 0 radical (unpaired) electrons. The Bertz CT molecular complexity index is 2040. The van der Waals surface area contributed by atoms with Gasteiger partial charge in [-0.15, -0.1) is 0 Å². The Kier molecular flexibility index (Phi) is 10.3. The smallest absolute Gasteiger partial charge is 0.249 e. The van der Waals surface area contributed by atoms with Gasteiger partial charge in [0.25, 0.3) is 0 Å². The third kappa shape index (κ3) is 7.68. The topological polar surface area (TPSA) is 94.1 Å². The first-order valence-corrected chi connectivity index (χ1v) is 20.8. The molecule has 4 aliphatic heterocycles. The van der Waals surface area contributed by atoms with Crippen LogP contribution >= 0.6 is 0 Å². The first kappa shape index (κ1) is 36.9. The Labute approximate surface area is 329 Å². The van der Waals surface area contributed by atoms with Gasteiger partial charge in [0.05, 0.1) is 12.2 Å². The summed E-state index contributed by atoms with van der Waals surface area (Å²) >= 11 is 0. The van der Waals surface area contributed by atoms with E-state index in [0.717, 1.165) is 89.8 Å². The van der Waals surface area contributed by atoms with Crippen molar-refractivity contribution in [3.63, 3.8) is 0 Å². The molecule has 4 aromatic rings. The highest BCUT2D eigenvalue weighted by molar-refractivity contribution is 6.01. The van der Waals surface area contributed by atoms with Crippen LogP contribution in [0.15, 0.2) is 91.0 Å². The molecule has 4 fully saturated rings. The van der Waals surface area contributed by atoms with E-state index in [-0.39, 0.29) is 41.5 Å². The predicted octanol–water partition coefficient (Wildman–Crippen LogP) is 7.87. The van der Waals surface area contributed by atoms with Crippen molar-refractivity contribution in [1.29, 1.82) is 0 Å². The van der Waals surface area contributed by atoms with Gasteiger partial charge in [-0.25, -0.2) is 4.39 Å². The van der Waals surface area contributed by atoms with Crippen LogP contribution < -0.4 is 15.5 Å². The third-order valence-electron chi connectivity index (χ3n) is 13.5. The molecule has 5 aliphatic rings. The summed E-state index contributed by atoms with van der Waals surface area (Å²) in [7, 11) is 0. The molecule has 4 aromatic carbocycles. The second-order valence-electron chi connectivity index (χ2n) is 17.0. The molecular weight excluding hydrogens is 704 g/mol. The van der Waals surface area contributed by atoms with Crippen LogP contribution in [-0.4, -0.2) is 72.8 Å². The van der Waals surface area contributed by atoms with Gasteiger partial charge in [0.1, 0.15) is 17.6 Å². The number of benzene rings is 4. The monoisotopic (exact) mass is 756 g/mol. The van der Waals surface area contributed by atoms with E-state index < -0.39 is 6.04 Å². The van der Waals surface area contributed by atoms with Crippen LogP contribution in [0, 0.1) is 11.7 Å². The summed E-state index contributed by atoms with van der Waals surface area (Å²) in [4.78, 5) is 28.7. The normalized spacial score (nSPS) is 25.6. The maximum absolute atomic E-state index is 15.3. The molecule has 3 N–H and O–H groups in total. The number of nitrogens with one attached hydrogen (secondary N) is 2. The number of carbonyl (C=O) groups excluding carboxylic acids is 2. The van der Waals surface area contributed by atoms with Crippen LogP contribution in [0.3, 0.4) is 0 Å². The summed E-state index contributed by atoms with van der Waals surface area (Å²) in [6.45, 7) is 5.73. The maximum atomic E-state index is 15.3. The Morgan fingerprint density at radius 2 is 1.59 bits per heavy atom. The third-order valence-corrected chi connectivity index (χ3v) is 13.5. The summed E-state index contributed by atoms with van der Waals surface area (Å²) < 4.78 is 21.9. The average Bonchev–Trinajstić information content (AvgIpc) is 3.60. The molecule has 0 aromatic heterocycles. The van der Waals surface area contributed by atoms with E-state index in [0.29, 0.717) is 29.7 Å². The highest BCUT2D eigenvalue weighted by Crippen LogP contribution is 2.47. The van der Waals surface area contributed by atoms with E-state index in [1.807, 2.05) is 24.3 Å². The molecule has 292 valence electrons. The van der Waals surface area contributed by atoms with E-state index >= 15 is 4.39 Å². The molecule has 1 aliphatic carbocycles. The van der Waals surface area contributed by atoms with Crippen molar-refractivity contribution in [2.24, 2.45) is 5.92 Å². The fraction of sp³-hybridized carbons (Fsp3) is 0.447. The van der Waals surface area contributed by atoms with E-state index in [4.69, 9.17) is 4.74 Å². The van der Waals surface area contributed by atoms with Crippen LogP contribution in [0.25, 0.3) is 0 Å². The van der Waals surface area contributed by atoms with Crippen molar-refractivity contribution in [1.82, 2.24) is 10.2 Å². The molecule has 9 rings (SSSR count). The highest BCUT2D eigenvalue weighted by atomic mass is 19.1. The molecule has 9 heteroatoms. The van der Waals surface area contributed by atoms with Gasteiger partial charge in [0, 0.05) is 43.3 Å². The summed E-state index contributed by atoms with van der Waals surface area (Å²) in [6.07, 6.45) is 7.76. The molecule has 56 heavy (non-hydrogen) atoms. The van der Waals surface area contributed by atoms with E-state index in [1.54, 1.807) is 0 Å². The Hall–Kier alpha value is -4.73. The number of halogens is 1. The zero-order chi connectivity index (χ0) is 38.2. The zero-order valence-electron chi connectivity index (χ0n) is 32.1. The Balaban J connectivity index is 0.766. The van der Waals surface area contributed by atoms with E-state index in [2.05, 4.69) is 81.1 Å². The van der Waals surface area contributed by atoms with E-state index in [1.165, 1.54) is 34.0 Å². The first-order valence-electron chi connectivity index (χ1n) is 20.8.